The second-order valence-electron chi connectivity index (χ2n) is 9.46. The van der Waals surface area contributed by atoms with E-state index in [-0.39, 0.29) is 11.7 Å². The second kappa shape index (κ2) is 10.0. The Morgan fingerprint density at radius 3 is 2.19 bits per heavy atom. The van der Waals surface area contributed by atoms with Crippen LogP contribution in [0, 0.1) is 5.82 Å². The van der Waals surface area contributed by atoms with Crippen LogP contribution in [0.15, 0.2) is 79.1 Å². The van der Waals surface area contributed by atoms with Gasteiger partial charge in [-0.2, -0.15) is 0 Å². The Hall–Kier alpha value is -4.20. The first kappa shape index (κ1) is 23.2. The number of amides is 1. The third-order valence-corrected chi connectivity index (χ3v) is 7.30. The van der Waals surface area contributed by atoms with Crippen LogP contribution in [-0.2, 0) is 0 Å². The molecule has 0 bridgehead atoms. The molecule has 0 saturated carbocycles. The number of rotatable bonds is 4. The van der Waals surface area contributed by atoms with Gasteiger partial charge in [0.05, 0.1) is 5.69 Å². The van der Waals surface area contributed by atoms with Gasteiger partial charge in [-0.1, -0.05) is 24.3 Å². The second-order valence-corrected chi connectivity index (χ2v) is 9.46. The van der Waals surface area contributed by atoms with Crippen molar-refractivity contribution < 1.29 is 9.18 Å². The zero-order chi connectivity index (χ0) is 25.2. The predicted octanol–water partition coefficient (Wildman–Crippen LogP) is 4.06. The van der Waals surface area contributed by atoms with Crippen molar-refractivity contribution in [3.8, 4) is 0 Å². The number of hydrogen-bond acceptors (Lipinski definition) is 6. The van der Waals surface area contributed by atoms with Crippen molar-refractivity contribution in [2.24, 2.45) is 0 Å². The van der Waals surface area contributed by atoms with Gasteiger partial charge in [0.2, 0.25) is 0 Å². The number of fused-ring (bicyclic) bond motifs is 1. The highest BCUT2D eigenvalue weighted by Crippen LogP contribution is 2.28. The average Bonchev–Trinajstić information content (AvgIpc) is 2.97. The summed E-state index contributed by atoms with van der Waals surface area (Å²) in [6.07, 6.45) is 3.62. The average molecular weight is 497 g/mol. The Labute approximate surface area is 215 Å². The molecular formula is C29H29FN6O. The van der Waals surface area contributed by atoms with Crippen LogP contribution in [0.25, 0.3) is 10.8 Å². The Bertz CT molecular complexity index is 1400. The highest BCUT2D eigenvalue weighted by Gasteiger charge is 2.25. The Kier molecular flexibility index (Phi) is 6.30. The molecule has 4 heterocycles. The fourth-order valence-corrected chi connectivity index (χ4v) is 5.27. The topological polar surface area (TPSA) is 55.8 Å². The summed E-state index contributed by atoms with van der Waals surface area (Å²) in [4.78, 5) is 31.0. The summed E-state index contributed by atoms with van der Waals surface area (Å²) in [7, 11) is 0. The number of nitrogens with zero attached hydrogens (tertiary/aromatic N) is 6. The van der Waals surface area contributed by atoms with Crippen LogP contribution < -0.4 is 14.7 Å². The number of hydrogen-bond donors (Lipinski definition) is 0. The molecule has 8 heteroatoms. The molecule has 37 heavy (non-hydrogen) atoms. The lowest BCUT2D eigenvalue weighted by Gasteiger charge is -2.37. The van der Waals surface area contributed by atoms with Crippen LogP contribution in [-0.4, -0.2) is 73.1 Å². The molecule has 2 aliphatic rings. The largest absolute Gasteiger partial charge is 0.366 e. The number of carbonyl (C=O) groups excluding carboxylic acids is 1. The number of carbonyl (C=O) groups is 1. The third kappa shape index (κ3) is 4.67. The van der Waals surface area contributed by atoms with Gasteiger partial charge in [0.1, 0.15) is 17.5 Å². The maximum absolute atomic E-state index is 14.3. The van der Waals surface area contributed by atoms with Crippen molar-refractivity contribution in [2.75, 3.05) is 67.1 Å². The molecule has 2 aromatic heterocycles. The Morgan fingerprint density at radius 2 is 1.43 bits per heavy atom. The number of aromatic nitrogens is 2. The minimum Gasteiger partial charge on any atom is -0.366 e. The molecule has 6 rings (SSSR count). The molecule has 0 N–H and O–H groups in total. The van der Waals surface area contributed by atoms with E-state index in [2.05, 4.69) is 19.7 Å². The molecule has 4 aromatic rings. The maximum Gasteiger partial charge on any atom is 0.253 e. The Morgan fingerprint density at radius 1 is 0.703 bits per heavy atom. The standard InChI is InChI=1S/C29H29FN6O/c30-25-5-1-2-6-26(25)33-13-17-35(18-14-33)28-24-21-23(9-8-22(24)10-12-32-28)29(37)36-19-15-34(16-20-36)27-7-3-4-11-31-27/h1-12,21H,13-20H2. The van der Waals surface area contributed by atoms with Crippen molar-refractivity contribution in [2.45, 2.75) is 0 Å². The summed E-state index contributed by atoms with van der Waals surface area (Å²) >= 11 is 0. The van der Waals surface area contributed by atoms with Crippen molar-refractivity contribution in [3.63, 3.8) is 0 Å². The van der Waals surface area contributed by atoms with Gasteiger partial charge in [0, 0.05) is 75.7 Å². The summed E-state index contributed by atoms with van der Waals surface area (Å²) in [6, 6.07) is 20.7. The molecule has 7 nitrogen and oxygen atoms in total. The van der Waals surface area contributed by atoms with Crippen molar-refractivity contribution in [1.82, 2.24) is 14.9 Å². The first-order valence-corrected chi connectivity index (χ1v) is 12.8. The van der Waals surface area contributed by atoms with E-state index >= 15 is 0 Å². The minimum atomic E-state index is -0.191. The molecule has 2 saturated heterocycles. The zero-order valence-electron chi connectivity index (χ0n) is 20.6. The van der Waals surface area contributed by atoms with Crippen molar-refractivity contribution in [1.29, 1.82) is 0 Å². The number of anilines is 3. The number of benzene rings is 2. The molecule has 0 radical (unpaired) electrons. The van der Waals surface area contributed by atoms with E-state index in [1.165, 1.54) is 6.07 Å². The minimum absolute atomic E-state index is 0.0433. The molecule has 0 unspecified atom stereocenters. The van der Waals surface area contributed by atoms with Crippen molar-refractivity contribution in [3.05, 3.63) is 90.5 Å². The molecule has 0 aliphatic carbocycles. The van der Waals surface area contributed by atoms with E-state index in [0.717, 1.165) is 48.6 Å². The van der Waals surface area contributed by atoms with Crippen molar-refractivity contribution >= 4 is 34.0 Å². The fraction of sp³-hybridized carbons (Fsp3) is 0.276. The van der Waals surface area contributed by atoms with Crippen LogP contribution >= 0.6 is 0 Å². The van der Waals surface area contributed by atoms with E-state index in [1.54, 1.807) is 12.3 Å². The summed E-state index contributed by atoms with van der Waals surface area (Å²) in [6.45, 7) is 5.71. The van der Waals surface area contributed by atoms with Crippen LogP contribution in [0.1, 0.15) is 10.4 Å². The van der Waals surface area contributed by atoms with Gasteiger partial charge in [-0.3, -0.25) is 4.79 Å². The summed E-state index contributed by atoms with van der Waals surface area (Å²) in [5.74, 6) is 1.68. The van der Waals surface area contributed by atoms with Gasteiger partial charge in [-0.15, -0.1) is 0 Å². The third-order valence-electron chi connectivity index (χ3n) is 7.30. The smallest absolute Gasteiger partial charge is 0.253 e. The van der Waals surface area contributed by atoms with Gasteiger partial charge < -0.3 is 19.6 Å². The number of para-hydroxylation sites is 1. The number of halogens is 1. The highest BCUT2D eigenvalue weighted by atomic mass is 19.1. The molecule has 188 valence electrons. The lowest BCUT2D eigenvalue weighted by Crippen LogP contribution is -2.49. The normalized spacial score (nSPS) is 16.4. The first-order valence-electron chi connectivity index (χ1n) is 12.8. The van der Waals surface area contributed by atoms with E-state index in [0.29, 0.717) is 37.4 Å². The fourth-order valence-electron chi connectivity index (χ4n) is 5.27. The molecular weight excluding hydrogens is 467 g/mol. The lowest BCUT2D eigenvalue weighted by molar-refractivity contribution is 0.0746. The SMILES string of the molecule is O=C(c1ccc2ccnc(N3CCN(c4ccccc4F)CC3)c2c1)N1CCN(c2ccccn2)CC1. The van der Waals surface area contributed by atoms with E-state index in [9.17, 15) is 9.18 Å². The number of pyridine rings is 2. The number of piperazine rings is 2. The molecule has 2 fully saturated rings. The van der Waals surface area contributed by atoms with Crippen LogP contribution in [0.2, 0.25) is 0 Å². The Balaban J connectivity index is 1.17. The van der Waals surface area contributed by atoms with Crippen LogP contribution in [0.3, 0.4) is 0 Å². The summed E-state index contributed by atoms with van der Waals surface area (Å²) in [5, 5.41) is 2.03. The summed E-state index contributed by atoms with van der Waals surface area (Å²) in [5.41, 5.74) is 1.32. The predicted molar refractivity (Wildman–Crippen MR) is 145 cm³/mol. The zero-order valence-corrected chi connectivity index (χ0v) is 20.6. The van der Waals surface area contributed by atoms with Crippen LogP contribution in [0.4, 0.5) is 21.7 Å². The van der Waals surface area contributed by atoms with Gasteiger partial charge in [0.15, 0.2) is 0 Å². The monoisotopic (exact) mass is 496 g/mol. The van der Waals surface area contributed by atoms with Gasteiger partial charge >= 0.3 is 0 Å². The first-order chi connectivity index (χ1) is 18.2. The quantitative estimate of drug-likeness (QED) is 0.425. The molecule has 0 atom stereocenters. The molecule has 0 spiro atoms. The summed E-state index contributed by atoms with van der Waals surface area (Å²) < 4.78 is 14.3. The van der Waals surface area contributed by atoms with Gasteiger partial charge in [-0.25, -0.2) is 14.4 Å². The van der Waals surface area contributed by atoms with Gasteiger partial charge in [-0.05, 0) is 47.9 Å². The van der Waals surface area contributed by atoms with E-state index < -0.39 is 0 Å². The molecule has 2 aromatic carbocycles. The molecule has 1 amide bonds. The maximum atomic E-state index is 14.3. The van der Waals surface area contributed by atoms with E-state index in [1.807, 2.05) is 65.7 Å². The van der Waals surface area contributed by atoms with Crippen LogP contribution in [0.5, 0.6) is 0 Å². The van der Waals surface area contributed by atoms with E-state index in [4.69, 9.17) is 4.98 Å². The molecule has 2 aliphatic heterocycles. The highest BCUT2D eigenvalue weighted by molar-refractivity contribution is 6.01. The van der Waals surface area contributed by atoms with Gasteiger partial charge in [0.25, 0.3) is 5.91 Å². The lowest BCUT2D eigenvalue weighted by atomic mass is 10.1.